The van der Waals surface area contributed by atoms with Gasteiger partial charge in [0.1, 0.15) is 4.88 Å². The molecule has 0 saturated carbocycles. The van der Waals surface area contributed by atoms with E-state index in [2.05, 4.69) is 0 Å². The Labute approximate surface area is 103 Å². The van der Waals surface area contributed by atoms with Crippen molar-refractivity contribution in [2.75, 3.05) is 6.61 Å². The average Bonchev–Trinajstić information content (AvgIpc) is 2.65. The molecule has 17 heavy (non-hydrogen) atoms. The second kappa shape index (κ2) is 5.58. The van der Waals surface area contributed by atoms with E-state index in [9.17, 15) is 13.2 Å². The summed E-state index contributed by atoms with van der Waals surface area (Å²) in [5, 5.41) is 9.93. The number of nitrogens with one attached hydrogen (secondary N) is 1. The lowest BCUT2D eigenvalue weighted by Gasteiger charge is -2.07. The fraction of sp³-hybridized carbons (Fsp3) is 0.444. The normalized spacial score (nSPS) is 11.9. The average molecular weight is 279 g/mol. The fourth-order valence-corrected chi connectivity index (χ4v) is 2.82. The van der Waals surface area contributed by atoms with Crippen molar-refractivity contribution in [3.8, 4) is 0 Å². The summed E-state index contributed by atoms with van der Waals surface area (Å²) in [4.78, 5) is 17.2. The van der Waals surface area contributed by atoms with E-state index in [-0.39, 0.29) is 22.3 Å². The molecule has 0 atom stereocenters. The summed E-state index contributed by atoms with van der Waals surface area (Å²) in [6, 6.07) is 1.09. The SMILES string of the molecule is CC(C)CONS(=O)(=O)c1csc(C(=O)O)c1. The highest BCUT2D eigenvalue weighted by Crippen LogP contribution is 2.19. The minimum atomic E-state index is -3.79. The van der Waals surface area contributed by atoms with E-state index in [1.165, 1.54) is 5.38 Å². The van der Waals surface area contributed by atoms with Crippen LogP contribution in [0.1, 0.15) is 23.5 Å². The third-order valence-corrected chi connectivity index (χ3v) is 3.94. The molecule has 0 radical (unpaired) electrons. The molecule has 0 spiro atoms. The first-order valence-corrected chi connectivity index (χ1v) is 7.14. The van der Waals surface area contributed by atoms with E-state index in [1.54, 1.807) is 0 Å². The van der Waals surface area contributed by atoms with E-state index in [0.717, 1.165) is 17.4 Å². The Bertz CT molecular complexity index is 491. The van der Waals surface area contributed by atoms with Crippen molar-refractivity contribution in [2.45, 2.75) is 18.7 Å². The molecule has 1 rings (SSSR count). The van der Waals surface area contributed by atoms with Crippen molar-refractivity contribution in [3.63, 3.8) is 0 Å². The van der Waals surface area contributed by atoms with Gasteiger partial charge in [-0.15, -0.1) is 11.3 Å². The molecule has 2 N–H and O–H groups in total. The Morgan fingerprint density at radius 1 is 1.59 bits per heavy atom. The first kappa shape index (κ1) is 14.1. The molecule has 1 aromatic rings. The monoisotopic (exact) mass is 279 g/mol. The zero-order valence-electron chi connectivity index (χ0n) is 9.34. The predicted octanol–water partition coefficient (Wildman–Crippen LogP) is 1.31. The van der Waals surface area contributed by atoms with Crippen molar-refractivity contribution in [1.29, 1.82) is 0 Å². The van der Waals surface area contributed by atoms with E-state index in [1.807, 2.05) is 18.7 Å². The number of rotatable bonds is 6. The highest BCUT2D eigenvalue weighted by molar-refractivity contribution is 7.89. The largest absolute Gasteiger partial charge is 0.477 e. The standard InChI is InChI=1S/C9H13NO5S2/c1-6(2)4-15-10-17(13,14)7-3-8(9(11)12)16-5-7/h3,5-6,10H,4H2,1-2H3,(H,11,12). The third-order valence-electron chi connectivity index (χ3n) is 1.68. The zero-order valence-corrected chi connectivity index (χ0v) is 11.0. The molecular formula is C9H13NO5S2. The number of carboxylic acids is 1. The van der Waals surface area contributed by atoms with Crippen LogP contribution in [0.2, 0.25) is 0 Å². The van der Waals surface area contributed by atoms with Crippen LogP contribution in [0.3, 0.4) is 0 Å². The highest BCUT2D eigenvalue weighted by Gasteiger charge is 2.18. The molecule has 0 aliphatic heterocycles. The summed E-state index contributed by atoms with van der Waals surface area (Å²) >= 11 is 0.850. The number of hydrogen-bond acceptors (Lipinski definition) is 5. The predicted molar refractivity (Wildman–Crippen MR) is 62.4 cm³/mol. The van der Waals surface area contributed by atoms with E-state index >= 15 is 0 Å². The Morgan fingerprint density at radius 3 is 2.71 bits per heavy atom. The summed E-state index contributed by atoms with van der Waals surface area (Å²) < 4.78 is 23.3. The van der Waals surface area contributed by atoms with Crippen molar-refractivity contribution < 1.29 is 23.2 Å². The molecule has 96 valence electrons. The third kappa shape index (κ3) is 4.08. The molecule has 0 saturated heterocycles. The number of thiophene rings is 1. The molecule has 0 aliphatic carbocycles. The van der Waals surface area contributed by atoms with Gasteiger partial charge in [-0.25, -0.2) is 13.2 Å². The van der Waals surface area contributed by atoms with Crippen LogP contribution in [0.4, 0.5) is 0 Å². The Balaban J connectivity index is 2.72. The molecule has 8 heteroatoms. The van der Waals surface area contributed by atoms with Gasteiger partial charge in [0, 0.05) is 5.38 Å². The zero-order chi connectivity index (χ0) is 13.1. The molecular weight excluding hydrogens is 266 g/mol. The van der Waals surface area contributed by atoms with Gasteiger partial charge in [0.2, 0.25) is 0 Å². The first-order chi connectivity index (χ1) is 7.83. The quantitative estimate of drug-likeness (QED) is 0.766. The van der Waals surface area contributed by atoms with Crippen LogP contribution in [-0.4, -0.2) is 26.1 Å². The minimum absolute atomic E-state index is 0.0331. The van der Waals surface area contributed by atoms with Gasteiger partial charge in [-0.3, -0.25) is 4.84 Å². The van der Waals surface area contributed by atoms with Gasteiger partial charge in [0.05, 0.1) is 11.5 Å². The topological polar surface area (TPSA) is 92.7 Å². The molecule has 0 fully saturated rings. The van der Waals surface area contributed by atoms with Crippen molar-refractivity contribution in [1.82, 2.24) is 4.89 Å². The number of hydrogen-bond donors (Lipinski definition) is 2. The summed E-state index contributed by atoms with van der Waals surface area (Å²) in [6.45, 7) is 4.00. The molecule has 0 amide bonds. The maximum atomic E-state index is 11.6. The van der Waals surface area contributed by atoms with Crippen molar-refractivity contribution in [2.24, 2.45) is 5.92 Å². The fourth-order valence-electron chi connectivity index (χ4n) is 0.898. The maximum Gasteiger partial charge on any atom is 0.345 e. The van der Waals surface area contributed by atoms with Crippen LogP contribution in [0, 0.1) is 5.92 Å². The molecule has 1 aromatic heterocycles. The number of aromatic carboxylic acids is 1. The molecule has 0 aliphatic rings. The van der Waals surface area contributed by atoms with Crippen LogP contribution < -0.4 is 4.89 Å². The van der Waals surface area contributed by atoms with Gasteiger partial charge in [-0.05, 0) is 12.0 Å². The number of carbonyl (C=O) groups is 1. The lowest BCUT2D eigenvalue weighted by atomic mass is 10.2. The first-order valence-electron chi connectivity index (χ1n) is 4.78. The number of sulfonamides is 1. The Kier molecular flexibility index (Phi) is 4.63. The molecule has 6 nitrogen and oxygen atoms in total. The summed E-state index contributed by atoms with van der Waals surface area (Å²) in [5.74, 6) is -0.964. The Morgan fingerprint density at radius 2 is 2.24 bits per heavy atom. The van der Waals surface area contributed by atoms with Crippen LogP contribution in [0.15, 0.2) is 16.3 Å². The highest BCUT2D eigenvalue weighted by atomic mass is 32.2. The molecule has 1 heterocycles. The van der Waals surface area contributed by atoms with Gasteiger partial charge in [-0.1, -0.05) is 18.7 Å². The second-order valence-electron chi connectivity index (χ2n) is 3.74. The van der Waals surface area contributed by atoms with Crippen LogP contribution in [-0.2, 0) is 14.9 Å². The number of carboxylic acid groups (broad SMARTS) is 1. The molecule has 0 bridgehead atoms. The van der Waals surface area contributed by atoms with Crippen molar-refractivity contribution >= 4 is 27.3 Å². The molecule has 0 aromatic carbocycles. The summed E-state index contributed by atoms with van der Waals surface area (Å²) in [5.41, 5.74) is 0. The lowest BCUT2D eigenvalue weighted by molar-refractivity contribution is 0.0701. The van der Waals surface area contributed by atoms with Gasteiger partial charge >= 0.3 is 5.97 Å². The van der Waals surface area contributed by atoms with Crippen LogP contribution >= 0.6 is 11.3 Å². The lowest BCUT2D eigenvalue weighted by Crippen LogP contribution is -2.25. The van der Waals surface area contributed by atoms with E-state index < -0.39 is 16.0 Å². The van der Waals surface area contributed by atoms with Gasteiger partial charge in [0.15, 0.2) is 0 Å². The smallest absolute Gasteiger partial charge is 0.345 e. The van der Waals surface area contributed by atoms with Gasteiger partial charge < -0.3 is 5.11 Å². The van der Waals surface area contributed by atoms with E-state index in [0.29, 0.717) is 0 Å². The summed E-state index contributed by atoms with van der Waals surface area (Å²) in [6.07, 6.45) is 0. The molecule has 0 unspecified atom stereocenters. The van der Waals surface area contributed by atoms with Crippen LogP contribution in [0.5, 0.6) is 0 Å². The van der Waals surface area contributed by atoms with E-state index in [4.69, 9.17) is 9.94 Å². The summed E-state index contributed by atoms with van der Waals surface area (Å²) in [7, 11) is -3.79. The van der Waals surface area contributed by atoms with Gasteiger partial charge in [0.25, 0.3) is 10.0 Å². The second-order valence-corrected chi connectivity index (χ2v) is 6.30. The van der Waals surface area contributed by atoms with Crippen LogP contribution in [0.25, 0.3) is 0 Å². The maximum absolute atomic E-state index is 11.6. The minimum Gasteiger partial charge on any atom is -0.477 e. The Hall–Kier alpha value is -0.960. The van der Waals surface area contributed by atoms with Gasteiger partial charge in [-0.2, -0.15) is 0 Å². The van der Waals surface area contributed by atoms with Crippen molar-refractivity contribution in [3.05, 3.63) is 16.3 Å².